The first-order valence-electron chi connectivity index (χ1n) is 10.3. The van der Waals surface area contributed by atoms with E-state index in [0.717, 1.165) is 25.9 Å². The van der Waals surface area contributed by atoms with Gasteiger partial charge in [-0.05, 0) is 32.6 Å². The number of carbonyl (C=O) groups is 2. The largest absolute Gasteiger partial charge is 0.477 e. The van der Waals surface area contributed by atoms with Crippen molar-refractivity contribution < 1.29 is 14.7 Å². The zero-order valence-corrected chi connectivity index (χ0v) is 18.6. The highest BCUT2D eigenvalue weighted by Gasteiger charge is 2.26. The Balaban J connectivity index is 1.43. The van der Waals surface area contributed by atoms with Gasteiger partial charge < -0.3 is 25.2 Å². The summed E-state index contributed by atoms with van der Waals surface area (Å²) < 4.78 is 0. The quantitative estimate of drug-likeness (QED) is 0.619. The number of H-pyrrole nitrogens is 1. The normalized spacial score (nSPS) is 17.3. The van der Waals surface area contributed by atoms with Gasteiger partial charge >= 0.3 is 5.97 Å². The summed E-state index contributed by atoms with van der Waals surface area (Å²) in [7, 11) is 0. The van der Waals surface area contributed by atoms with Crippen LogP contribution in [0.15, 0.2) is 6.07 Å². The Bertz CT molecular complexity index is 997. The number of carboxylic acids is 1. The topological polar surface area (TPSA) is 114 Å². The third-order valence-corrected chi connectivity index (χ3v) is 6.69. The Labute approximate surface area is 189 Å². The standard InChI is InChI=1S/C20H24Cl2N6O3/c1-11-15(21)16(22)17(23-11)18(29)24-12-4-8-27(9-5-12)14-10-13(19(30)31)25-20(26-14)28-6-2-3-7-28/h10,12,23H,2-9H2,1H3,(H,24,29)(H,30,31). The maximum atomic E-state index is 12.6. The third-order valence-electron chi connectivity index (χ3n) is 5.74. The molecule has 0 aliphatic carbocycles. The number of aryl methyl sites for hydroxylation is 1. The van der Waals surface area contributed by atoms with Crippen LogP contribution in [0, 0.1) is 6.92 Å². The zero-order chi connectivity index (χ0) is 22.1. The number of hydrogen-bond donors (Lipinski definition) is 3. The van der Waals surface area contributed by atoms with E-state index in [-0.39, 0.29) is 28.4 Å². The van der Waals surface area contributed by atoms with Gasteiger partial charge in [-0.25, -0.2) is 9.78 Å². The molecular formula is C20H24Cl2N6O3. The van der Waals surface area contributed by atoms with Crippen LogP contribution in [0.1, 0.15) is 52.4 Å². The van der Waals surface area contributed by atoms with Crippen molar-refractivity contribution in [1.29, 1.82) is 0 Å². The fourth-order valence-electron chi connectivity index (χ4n) is 3.99. The maximum Gasteiger partial charge on any atom is 0.354 e. The van der Waals surface area contributed by atoms with Gasteiger partial charge in [-0.1, -0.05) is 23.2 Å². The lowest BCUT2D eigenvalue weighted by atomic mass is 10.0. The van der Waals surface area contributed by atoms with Crippen LogP contribution in [0.2, 0.25) is 10.0 Å². The van der Waals surface area contributed by atoms with E-state index in [1.807, 2.05) is 9.80 Å². The second-order valence-corrected chi connectivity index (χ2v) is 8.65. The fraction of sp³-hybridized carbons (Fsp3) is 0.500. The number of rotatable bonds is 5. The molecule has 2 aromatic heterocycles. The zero-order valence-electron chi connectivity index (χ0n) is 17.1. The molecule has 3 N–H and O–H groups in total. The number of halogens is 2. The summed E-state index contributed by atoms with van der Waals surface area (Å²) in [4.78, 5) is 40.0. The van der Waals surface area contributed by atoms with E-state index in [0.29, 0.717) is 48.4 Å². The van der Waals surface area contributed by atoms with Gasteiger partial charge in [-0.3, -0.25) is 4.79 Å². The van der Waals surface area contributed by atoms with Crippen molar-refractivity contribution >= 4 is 46.8 Å². The van der Waals surface area contributed by atoms with E-state index in [1.54, 1.807) is 6.92 Å². The van der Waals surface area contributed by atoms with E-state index in [4.69, 9.17) is 23.2 Å². The molecule has 4 rings (SSSR count). The van der Waals surface area contributed by atoms with E-state index in [9.17, 15) is 14.7 Å². The average Bonchev–Trinajstić information content (AvgIpc) is 3.39. The molecule has 0 spiro atoms. The molecule has 31 heavy (non-hydrogen) atoms. The van der Waals surface area contributed by atoms with E-state index >= 15 is 0 Å². The second-order valence-electron chi connectivity index (χ2n) is 7.90. The monoisotopic (exact) mass is 466 g/mol. The van der Waals surface area contributed by atoms with Gasteiger partial charge in [0, 0.05) is 44.0 Å². The summed E-state index contributed by atoms with van der Waals surface area (Å²) in [6.07, 6.45) is 3.50. The number of piperidine rings is 1. The van der Waals surface area contributed by atoms with Gasteiger partial charge in [0.05, 0.1) is 10.0 Å². The lowest BCUT2D eigenvalue weighted by Gasteiger charge is -2.33. The number of aromatic carboxylic acids is 1. The molecule has 11 heteroatoms. The number of amides is 1. The molecule has 2 aliphatic heterocycles. The Morgan fingerprint density at radius 1 is 1.10 bits per heavy atom. The smallest absolute Gasteiger partial charge is 0.354 e. The molecule has 2 aliphatic rings. The van der Waals surface area contributed by atoms with E-state index < -0.39 is 5.97 Å². The van der Waals surface area contributed by atoms with Gasteiger partial charge in [-0.15, -0.1) is 0 Å². The minimum atomic E-state index is -1.07. The summed E-state index contributed by atoms with van der Waals surface area (Å²) in [5.41, 5.74) is 0.915. The highest BCUT2D eigenvalue weighted by atomic mass is 35.5. The molecule has 0 saturated carbocycles. The number of anilines is 2. The number of aromatic nitrogens is 3. The molecule has 2 fully saturated rings. The van der Waals surface area contributed by atoms with Crippen LogP contribution in [0.25, 0.3) is 0 Å². The van der Waals surface area contributed by atoms with Gasteiger partial charge in [-0.2, -0.15) is 4.98 Å². The number of carboxylic acid groups (broad SMARTS) is 1. The van der Waals surface area contributed by atoms with Crippen molar-refractivity contribution in [3.63, 3.8) is 0 Å². The Morgan fingerprint density at radius 2 is 1.77 bits per heavy atom. The van der Waals surface area contributed by atoms with E-state index in [1.165, 1.54) is 6.07 Å². The predicted octanol–water partition coefficient (Wildman–Crippen LogP) is 3.12. The molecule has 0 unspecified atom stereocenters. The average molecular weight is 467 g/mol. The Kier molecular flexibility index (Phi) is 6.24. The van der Waals surface area contributed by atoms with Crippen LogP contribution in [-0.4, -0.2) is 64.2 Å². The third kappa shape index (κ3) is 4.57. The molecule has 1 amide bonds. The molecule has 9 nitrogen and oxygen atoms in total. The summed E-state index contributed by atoms with van der Waals surface area (Å²) in [6, 6.07) is 1.49. The van der Waals surface area contributed by atoms with Crippen molar-refractivity contribution in [1.82, 2.24) is 20.3 Å². The predicted molar refractivity (Wildman–Crippen MR) is 119 cm³/mol. The molecule has 0 atom stereocenters. The lowest BCUT2D eigenvalue weighted by Crippen LogP contribution is -2.45. The molecule has 2 aromatic rings. The van der Waals surface area contributed by atoms with Crippen LogP contribution < -0.4 is 15.1 Å². The number of carbonyl (C=O) groups excluding carboxylic acids is 1. The number of aromatic amines is 1. The van der Waals surface area contributed by atoms with Gasteiger partial charge in [0.15, 0.2) is 5.69 Å². The van der Waals surface area contributed by atoms with E-state index in [2.05, 4.69) is 20.3 Å². The molecule has 2 saturated heterocycles. The highest BCUT2D eigenvalue weighted by molar-refractivity contribution is 6.44. The lowest BCUT2D eigenvalue weighted by molar-refractivity contribution is 0.0690. The summed E-state index contributed by atoms with van der Waals surface area (Å²) in [5, 5.41) is 13.1. The second kappa shape index (κ2) is 8.92. The van der Waals surface area contributed by atoms with Crippen LogP contribution in [0.3, 0.4) is 0 Å². The molecular weight excluding hydrogens is 443 g/mol. The summed E-state index contributed by atoms with van der Waals surface area (Å²) in [6.45, 7) is 4.70. The van der Waals surface area contributed by atoms with Gasteiger partial charge in [0.2, 0.25) is 5.95 Å². The fourth-order valence-corrected chi connectivity index (χ4v) is 4.41. The number of nitrogens with one attached hydrogen (secondary N) is 2. The van der Waals surface area contributed by atoms with Crippen LogP contribution >= 0.6 is 23.2 Å². The van der Waals surface area contributed by atoms with Crippen LogP contribution in [0.4, 0.5) is 11.8 Å². The molecule has 0 aromatic carbocycles. The molecule has 0 radical (unpaired) electrons. The summed E-state index contributed by atoms with van der Waals surface area (Å²) in [5.74, 6) is -0.279. The van der Waals surface area contributed by atoms with Crippen molar-refractivity contribution in [3.05, 3.63) is 33.2 Å². The Hall–Kier alpha value is -2.52. The van der Waals surface area contributed by atoms with Crippen LogP contribution in [0.5, 0.6) is 0 Å². The molecule has 4 heterocycles. The summed E-state index contributed by atoms with van der Waals surface area (Å²) >= 11 is 12.2. The highest BCUT2D eigenvalue weighted by Crippen LogP contribution is 2.29. The maximum absolute atomic E-state index is 12.6. The van der Waals surface area contributed by atoms with Crippen LogP contribution in [-0.2, 0) is 0 Å². The van der Waals surface area contributed by atoms with Gasteiger partial charge in [0.25, 0.3) is 5.91 Å². The van der Waals surface area contributed by atoms with Gasteiger partial charge in [0.1, 0.15) is 11.5 Å². The number of nitrogens with zero attached hydrogens (tertiary/aromatic N) is 4. The van der Waals surface area contributed by atoms with Crippen molar-refractivity contribution in [2.24, 2.45) is 0 Å². The first kappa shape index (κ1) is 21.7. The van der Waals surface area contributed by atoms with Crippen molar-refractivity contribution in [2.75, 3.05) is 36.0 Å². The first-order chi connectivity index (χ1) is 14.8. The number of hydrogen-bond acceptors (Lipinski definition) is 6. The molecule has 166 valence electrons. The van der Waals surface area contributed by atoms with Crippen molar-refractivity contribution in [3.8, 4) is 0 Å². The minimum absolute atomic E-state index is 0.00374. The minimum Gasteiger partial charge on any atom is -0.477 e. The Morgan fingerprint density at radius 3 is 2.35 bits per heavy atom. The van der Waals surface area contributed by atoms with Crippen molar-refractivity contribution in [2.45, 2.75) is 38.6 Å². The first-order valence-corrected chi connectivity index (χ1v) is 11.1. The SMILES string of the molecule is Cc1[nH]c(C(=O)NC2CCN(c3cc(C(=O)O)nc(N4CCCC4)n3)CC2)c(Cl)c1Cl. The molecule has 0 bridgehead atoms.